The van der Waals surface area contributed by atoms with Gasteiger partial charge in [0, 0.05) is 0 Å². The number of aromatic hydroxyl groups is 1. The lowest BCUT2D eigenvalue weighted by molar-refractivity contribution is -0.138. The number of hydrogen-bond acceptors (Lipinski definition) is 3. The van der Waals surface area contributed by atoms with Crippen LogP contribution < -0.4 is 5.73 Å². The third kappa shape index (κ3) is 4.03. The molecule has 90 valence electrons. The third-order valence-electron chi connectivity index (χ3n) is 1.85. The van der Waals surface area contributed by atoms with Gasteiger partial charge >= 0.3 is 5.97 Å². The number of nitrogens with two attached hydrogens (primary N) is 1. The molecular weight excluding hydrogens is 440 g/mol. The van der Waals surface area contributed by atoms with E-state index in [0.29, 0.717) is 7.14 Å². The molecule has 0 unspecified atom stereocenters. The summed E-state index contributed by atoms with van der Waals surface area (Å²) in [7, 11) is 0. The molecule has 0 amide bonds. The first-order chi connectivity index (χ1) is 6.91. The number of hydrogen-bond donors (Lipinski definition) is 3. The van der Waals surface area contributed by atoms with Crippen molar-refractivity contribution in [2.24, 2.45) is 5.73 Å². The van der Waals surface area contributed by atoms with E-state index in [2.05, 4.69) is 0 Å². The normalized spacial score (nSPS) is 11.7. The van der Waals surface area contributed by atoms with Crippen molar-refractivity contribution in [3.05, 3.63) is 24.8 Å². The minimum Gasteiger partial charge on any atom is -0.506 e. The van der Waals surface area contributed by atoms with E-state index >= 15 is 0 Å². The molecule has 16 heavy (non-hydrogen) atoms. The van der Waals surface area contributed by atoms with Crippen molar-refractivity contribution >= 4 is 51.2 Å². The molecule has 1 atom stereocenters. The van der Waals surface area contributed by atoms with Gasteiger partial charge in [0.1, 0.15) is 11.8 Å². The summed E-state index contributed by atoms with van der Waals surface area (Å²) >= 11 is 3.99. The fraction of sp³-hybridized carbons (Fsp3) is 0.222. The number of carbonyl (C=O) groups is 1. The Labute approximate surface area is 120 Å². The fourth-order valence-electron chi connectivity index (χ4n) is 1.08. The molecule has 0 aliphatic heterocycles. The van der Waals surface area contributed by atoms with Crippen LogP contribution in [0.1, 0.15) is 5.56 Å². The molecule has 1 aromatic rings. The second kappa shape index (κ2) is 6.57. The molecule has 0 heterocycles. The van der Waals surface area contributed by atoms with Gasteiger partial charge in [-0.25, -0.2) is 0 Å². The Kier molecular flexibility index (Phi) is 6.51. The number of carboxylic acid groups (broad SMARTS) is 1. The van der Waals surface area contributed by atoms with E-state index in [1.54, 1.807) is 12.1 Å². The van der Waals surface area contributed by atoms with E-state index in [1.165, 1.54) is 0 Å². The lowest BCUT2D eigenvalue weighted by Crippen LogP contribution is -2.32. The highest BCUT2D eigenvalue weighted by molar-refractivity contribution is 14.1. The van der Waals surface area contributed by atoms with Crippen molar-refractivity contribution in [2.75, 3.05) is 0 Å². The Morgan fingerprint density at radius 2 is 1.81 bits per heavy atom. The Morgan fingerprint density at radius 3 is 2.19 bits per heavy atom. The molecule has 5 nitrogen and oxygen atoms in total. The molecule has 1 rings (SSSR count). The van der Waals surface area contributed by atoms with E-state index in [0.717, 1.165) is 5.56 Å². The van der Waals surface area contributed by atoms with Crippen LogP contribution in [0.2, 0.25) is 0 Å². The zero-order chi connectivity index (χ0) is 11.6. The maximum atomic E-state index is 10.6. The molecule has 0 bridgehead atoms. The average Bonchev–Trinajstić information content (AvgIpc) is 2.13. The van der Waals surface area contributed by atoms with Gasteiger partial charge in [0.05, 0.1) is 7.14 Å². The van der Waals surface area contributed by atoms with Gasteiger partial charge in [-0.15, -0.1) is 0 Å². The van der Waals surface area contributed by atoms with Gasteiger partial charge in [-0.1, -0.05) is 0 Å². The molecular formula is C9H11I2NO4. The highest BCUT2D eigenvalue weighted by Crippen LogP contribution is 2.27. The first kappa shape index (κ1) is 15.9. The van der Waals surface area contributed by atoms with Gasteiger partial charge < -0.3 is 21.4 Å². The van der Waals surface area contributed by atoms with Crippen molar-refractivity contribution in [1.82, 2.24) is 0 Å². The average molecular weight is 451 g/mol. The quantitative estimate of drug-likeness (QED) is 0.589. The van der Waals surface area contributed by atoms with Gasteiger partial charge in [0.15, 0.2) is 0 Å². The molecule has 1 aromatic carbocycles. The largest absolute Gasteiger partial charge is 0.506 e. The summed E-state index contributed by atoms with van der Waals surface area (Å²) in [4.78, 5) is 10.6. The minimum absolute atomic E-state index is 0. The lowest BCUT2D eigenvalue weighted by Gasteiger charge is -2.08. The second-order valence-electron chi connectivity index (χ2n) is 3.06. The van der Waals surface area contributed by atoms with Crippen molar-refractivity contribution in [2.45, 2.75) is 12.5 Å². The molecule has 0 fully saturated rings. The second-order valence-corrected chi connectivity index (χ2v) is 5.38. The number of rotatable bonds is 3. The van der Waals surface area contributed by atoms with Crippen LogP contribution in [-0.4, -0.2) is 27.7 Å². The monoisotopic (exact) mass is 451 g/mol. The van der Waals surface area contributed by atoms with Crippen LogP contribution in [0.15, 0.2) is 12.1 Å². The van der Waals surface area contributed by atoms with E-state index < -0.39 is 12.0 Å². The van der Waals surface area contributed by atoms with E-state index in [1.807, 2.05) is 45.2 Å². The summed E-state index contributed by atoms with van der Waals surface area (Å²) in [5.41, 5.74) is 6.24. The van der Waals surface area contributed by atoms with Gasteiger partial charge in [-0.2, -0.15) is 0 Å². The number of halogens is 2. The van der Waals surface area contributed by atoms with Crippen LogP contribution in [0.4, 0.5) is 0 Å². The maximum absolute atomic E-state index is 10.6. The molecule has 0 aliphatic rings. The maximum Gasteiger partial charge on any atom is 0.320 e. The third-order valence-corrected chi connectivity index (χ3v) is 3.49. The standard InChI is InChI=1S/C9H9I2NO3.H2O/c10-5-1-4(2-6(11)8(5)13)3-7(12)9(14)15;/h1-2,7,13H,3,12H2,(H,14,15);1H2/t7-;/m0./s1. The first-order valence-electron chi connectivity index (χ1n) is 4.07. The Balaban J connectivity index is 0.00000225. The smallest absolute Gasteiger partial charge is 0.320 e. The number of carboxylic acids is 1. The molecule has 0 saturated heterocycles. The molecule has 0 spiro atoms. The van der Waals surface area contributed by atoms with Crippen LogP contribution in [0.25, 0.3) is 0 Å². The number of benzene rings is 1. The Morgan fingerprint density at radius 1 is 1.38 bits per heavy atom. The van der Waals surface area contributed by atoms with E-state index in [9.17, 15) is 9.90 Å². The minimum atomic E-state index is -1.02. The number of aliphatic carboxylic acids is 1. The summed E-state index contributed by atoms with van der Waals surface area (Å²) in [6.07, 6.45) is 0.265. The summed E-state index contributed by atoms with van der Waals surface area (Å²) in [6, 6.07) is 2.57. The molecule has 0 radical (unpaired) electrons. The highest BCUT2D eigenvalue weighted by Gasteiger charge is 2.14. The SMILES string of the molecule is N[C@@H](Cc1cc(I)c(O)c(I)c1)C(=O)O.O. The predicted molar refractivity (Wildman–Crippen MR) is 76.5 cm³/mol. The van der Waals surface area contributed by atoms with Crippen molar-refractivity contribution < 1.29 is 20.5 Å². The topological polar surface area (TPSA) is 115 Å². The molecule has 0 aliphatic carbocycles. The zero-order valence-corrected chi connectivity index (χ0v) is 12.4. The highest BCUT2D eigenvalue weighted by atomic mass is 127. The summed E-state index contributed by atoms with van der Waals surface area (Å²) in [5, 5.41) is 18.2. The van der Waals surface area contributed by atoms with Crippen LogP contribution >= 0.6 is 45.2 Å². The van der Waals surface area contributed by atoms with Gasteiger partial charge in [-0.3, -0.25) is 4.79 Å². The molecule has 0 saturated carbocycles. The lowest BCUT2D eigenvalue weighted by atomic mass is 10.1. The van der Waals surface area contributed by atoms with Crippen molar-refractivity contribution in [3.8, 4) is 5.75 Å². The summed E-state index contributed by atoms with van der Waals surface area (Å²) in [6.45, 7) is 0. The molecule has 6 N–H and O–H groups in total. The van der Waals surface area contributed by atoms with Crippen molar-refractivity contribution in [3.63, 3.8) is 0 Å². The van der Waals surface area contributed by atoms with Crippen LogP contribution in [0, 0.1) is 7.14 Å². The Hall–Kier alpha value is -0.130. The molecule has 0 aromatic heterocycles. The Bertz CT molecular complexity index is 374. The fourth-order valence-corrected chi connectivity index (χ4v) is 2.97. The van der Waals surface area contributed by atoms with E-state index in [-0.39, 0.29) is 17.6 Å². The van der Waals surface area contributed by atoms with Gasteiger partial charge in [0.2, 0.25) is 0 Å². The zero-order valence-electron chi connectivity index (χ0n) is 8.08. The van der Waals surface area contributed by atoms with Gasteiger partial charge in [0.25, 0.3) is 0 Å². The van der Waals surface area contributed by atoms with Gasteiger partial charge in [-0.05, 0) is 69.3 Å². The number of phenols is 1. The van der Waals surface area contributed by atoms with Crippen LogP contribution in [-0.2, 0) is 11.2 Å². The van der Waals surface area contributed by atoms with Crippen molar-refractivity contribution in [1.29, 1.82) is 0 Å². The summed E-state index contributed by atoms with van der Waals surface area (Å²) < 4.78 is 1.40. The molecule has 7 heteroatoms. The predicted octanol–water partition coefficient (Wildman–Crippen LogP) is 0.731. The number of phenolic OH excluding ortho intramolecular Hbond substituents is 1. The van der Waals surface area contributed by atoms with Crippen LogP contribution in [0.3, 0.4) is 0 Å². The first-order valence-corrected chi connectivity index (χ1v) is 6.23. The van der Waals surface area contributed by atoms with E-state index in [4.69, 9.17) is 10.8 Å². The summed E-state index contributed by atoms with van der Waals surface area (Å²) in [5.74, 6) is -0.795. The van der Waals surface area contributed by atoms with Crippen LogP contribution in [0.5, 0.6) is 5.75 Å².